The molecule has 13 nitrogen and oxygen atoms in total. The van der Waals surface area contributed by atoms with E-state index in [1.54, 1.807) is 5.01 Å². The normalized spacial score (nSPS) is 15.7. The van der Waals surface area contributed by atoms with Crippen LogP contribution in [0.25, 0.3) is 0 Å². The lowest BCUT2D eigenvalue weighted by atomic mass is 9.89. The summed E-state index contributed by atoms with van der Waals surface area (Å²) in [6.07, 6.45) is 8.27. The van der Waals surface area contributed by atoms with Crippen LogP contribution >= 0.6 is 0 Å². The van der Waals surface area contributed by atoms with Crippen LogP contribution in [0.3, 0.4) is 0 Å². The molecule has 0 spiro atoms. The molecule has 1 saturated carbocycles. The second kappa shape index (κ2) is 24.4. The molecule has 0 saturated heterocycles. The molecule has 0 radical (unpaired) electrons. The number of benzene rings is 1. The number of hydrazine groups is 1. The summed E-state index contributed by atoms with van der Waals surface area (Å²) < 4.78 is 15.9. The Morgan fingerprint density at radius 1 is 0.769 bits per heavy atom. The van der Waals surface area contributed by atoms with Crippen molar-refractivity contribution < 1.29 is 38.2 Å². The van der Waals surface area contributed by atoms with Crippen LogP contribution in [0.1, 0.15) is 111 Å². The minimum absolute atomic E-state index is 0.0708. The third-order valence-electron chi connectivity index (χ3n) is 9.53. The summed E-state index contributed by atoms with van der Waals surface area (Å²) in [7, 11) is 2.48. The molecule has 4 N–H and O–H groups in total. The maximum atomic E-state index is 13.9. The van der Waals surface area contributed by atoms with Gasteiger partial charge in [-0.2, -0.15) is 0 Å². The van der Waals surface area contributed by atoms with Crippen LogP contribution in [0.5, 0.6) is 0 Å². The van der Waals surface area contributed by atoms with E-state index >= 15 is 0 Å². The predicted molar refractivity (Wildman–Crippen MR) is 200 cm³/mol. The maximum Gasteiger partial charge on any atom is 0.407 e. The number of alkyl carbamates (subject to hydrolysis) is 2. The third kappa shape index (κ3) is 16.6. The molecule has 52 heavy (non-hydrogen) atoms. The number of methoxy groups -OCH3 is 2. The molecule has 1 aliphatic rings. The minimum Gasteiger partial charge on any atom is -0.459 e. The summed E-state index contributed by atoms with van der Waals surface area (Å²) in [5.41, 5.74) is 3.94. The molecule has 0 heterocycles. The molecule has 4 unspecified atom stereocenters. The first kappa shape index (κ1) is 44.3. The molecule has 2 rings (SSSR count). The predicted octanol–water partition coefficient (Wildman–Crippen LogP) is 5.66. The van der Waals surface area contributed by atoms with E-state index < -0.39 is 54.2 Å². The standard InChI is InChI=1S/C39H65N5O8/c1-8-9-10-11-18-23-33(45)52-32(31(24-29-19-14-12-15-20-29)40-36(46)34(27(2)3)41-38(48)50-6)26-44(25-30-21-16-13-17-22-30)43-37(47)35(28(4)5)42-39(49)51-7/h12,14-15,19-20,27-28,30-32,34-35H,8-11,13,16-18,21-26H2,1-7H3,(H,40,46)(H,41,48)(H,42,49)(H,43,47). The summed E-state index contributed by atoms with van der Waals surface area (Å²) in [5, 5.41) is 10.2. The summed E-state index contributed by atoms with van der Waals surface area (Å²) in [6.45, 7) is 9.99. The fraction of sp³-hybridized carbons (Fsp3) is 0.718. The summed E-state index contributed by atoms with van der Waals surface area (Å²) >= 11 is 0. The quantitative estimate of drug-likeness (QED) is 0.0510. The highest BCUT2D eigenvalue weighted by Gasteiger charge is 2.35. The van der Waals surface area contributed by atoms with Gasteiger partial charge in [0.2, 0.25) is 5.91 Å². The lowest BCUT2D eigenvalue weighted by Crippen LogP contribution is -2.60. The van der Waals surface area contributed by atoms with Crippen LogP contribution in [0.4, 0.5) is 9.59 Å². The van der Waals surface area contributed by atoms with E-state index in [0.717, 1.165) is 63.4 Å². The number of rotatable bonds is 22. The van der Waals surface area contributed by atoms with Crippen LogP contribution in [0.15, 0.2) is 30.3 Å². The zero-order chi connectivity index (χ0) is 38.5. The SMILES string of the molecule is CCCCCCCC(=O)OC(CN(CC1CCCCC1)NC(=O)C(NC(=O)OC)C(C)C)C(Cc1ccccc1)NC(=O)C(NC(=O)OC)C(C)C. The van der Waals surface area contributed by atoms with Gasteiger partial charge < -0.3 is 30.2 Å². The molecule has 1 aromatic carbocycles. The summed E-state index contributed by atoms with van der Waals surface area (Å²) in [6, 6.07) is 7.03. The van der Waals surface area contributed by atoms with Crippen molar-refractivity contribution in [3.63, 3.8) is 0 Å². The topological polar surface area (TPSA) is 164 Å². The van der Waals surface area contributed by atoms with E-state index in [0.29, 0.717) is 19.4 Å². The number of carbonyl (C=O) groups excluding carboxylic acids is 5. The number of hydrogen-bond donors (Lipinski definition) is 4. The molecule has 4 atom stereocenters. The number of nitrogens with zero attached hydrogens (tertiary/aromatic N) is 1. The summed E-state index contributed by atoms with van der Waals surface area (Å²) in [5.74, 6) is -1.52. The first-order chi connectivity index (χ1) is 24.9. The van der Waals surface area contributed by atoms with Gasteiger partial charge in [-0.15, -0.1) is 0 Å². The number of carbonyl (C=O) groups is 5. The Labute approximate surface area is 311 Å². The number of nitrogens with one attached hydrogen (secondary N) is 4. The second-order valence-corrected chi connectivity index (χ2v) is 14.6. The number of hydrogen-bond acceptors (Lipinski definition) is 9. The molecular formula is C39H65N5O8. The Kier molecular flexibility index (Phi) is 20.8. The Balaban J connectivity index is 2.53. The zero-order valence-electron chi connectivity index (χ0n) is 32.5. The van der Waals surface area contributed by atoms with Crippen molar-refractivity contribution in [3.8, 4) is 0 Å². The van der Waals surface area contributed by atoms with E-state index in [1.165, 1.54) is 14.2 Å². The lowest BCUT2D eigenvalue weighted by Gasteiger charge is -2.36. The number of ether oxygens (including phenoxy) is 3. The highest BCUT2D eigenvalue weighted by Crippen LogP contribution is 2.25. The van der Waals surface area contributed by atoms with Crippen LogP contribution in [0, 0.1) is 17.8 Å². The molecular weight excluding hydrogens is 666 g/mol. The van der Waals surface area contributed by atoms with Gasteiger partial charge in [0.1, 0.15) is 18.2 Å². The fourth-order valence-corrected chi connectivity index (χ4v) is 6.49. The van der Waals surface area contributed by atoms with Gasteiger partial charge in [-0.3, -0.25) is 19.8 Å². The molecule has 1 aliphatic carbocycles. The number of amides is 4. The van der Waals surface area contributed by atoms with Crippen molar-refractivity contribution in [3.05, 3.63) is 35.9 Å². The van der Waals surface area contributed by atoms with E-state index in [4.69, 9.17) is 14.2 Å². The van der Waals surface area contributed by atoms with E-state index in [2.05, 4.69) is 28.3 Å². The van der Waals surface area contributed by atoms with Gasteiger partial charge in [-0.25, -0.2) is 14.6 Å². The Morgan fingerprint density at radius 2 is 1.35 bits per heavy atom. The molecule has 1 aromatic rings. The summed E-state index contributed by atoms with van der Waals surface area (Å²) in [4.78, 5) is 65.6. The van der Waals surface area contributed by atoms with Gasteiger partial charge in [0.25, 0.3) is 5.91 Å². The fourth-order valence-electron chi connectivity index (χ4n) is 6.49. The number of unbranched alkanes of at least 4 members (excludes halogenated alkanes) is 4. The largest absolute Gasteiger partial charge is 0.459 e. The third-order valence-corrected chi connectivity index (χ3v) is 9.53. The van der Waals surface area contributed by atoms with E-state index in [9.17, 15) is 24.0 Å². The average Bonchev–Trinajstić information content (AvgIpc) is 3.12. The minimum atomic E-state index is -0.921. The highest BCUT2D eigenvalue weighted by molar-refractivity contribution is 5.86. The van der Waals surface area contributed by atoms with Crippen molar-refractivity contribution in [1.29, 1.82) is 0 Å². The monoisotopic (exact) mass is 731 g/mol. The van der Waals surface area contributed by atoms with Crippen LogP contribution in [-0.2, 0) is 35.0 Å². The molecule has 0 bridgehead atoms. The smallest absolute Gasteiger partial charge is 0.407 e. The first-order valence-corrected chi connectivity index (χ1v) is 19.2. The van der Waals surface area contributed by atoms with Gasteiger partial charge in [0.15, 0.2) is 0 Å². The highest BCUT2D eigenvalue weighted by atomic mass is 16.5. The van der Waals surface area contributed by atoms with Crippen LogP contribution < -0.4 is 21.4 Å². The van der Waals surface area contributed by atoms with Crippen molar-refractivity contribution in [1.82, 2.24) is 26.4 Å². The van der Waals surface area contributed by atoms with Gasteiger partial charge in [0.05, 0.1) is 26.8 Å². The van der Waals surface area contributed by atoms with Gasteiger partial charge in [-0.1, -0.05) is 110 Å². The Morgan fingerprint density at radius 3 is 1.90 bits per heavy atom. The Bertz CT molecular complexity index is 1220. The molecule has 1 fully saturated rings. The Hall–Kier alpha value is -3.87. The van der Waals surface area contributed by atoms with Crippen LogP contribution in [0.2, 0.25) is 0 Å². The van der Waals surface area contributed by atoms with Gasteiger partial charge in [-0.05, 0) is 49.0 Å². The van der Waals surface area contributed by atoms with Crippen molar-refractivity contribution in [2.45, 2.75) is 136 Å². The zero-order valence-corrected chi connectivity index (χ0v) is 32.5. The molecule has 13 heteroatoms. The van der Waals surface area contributed by atoms with E-state index in [1.807, 2.05) is 58.0 Å². The van der Waals surface area contributed by atoms with Crippen LogP contribution in [-0.4, -0.2) is 86.5 Å². The molecule has 294 valence electrons. The number of esters is 1. The van der Waals surface area contributed by atoms with Crippen molar-refractivity contribution in [2.24, 2.45) is 17.8 Å². The lowest BCUT2D eigenvalue weighted by molar-refractivity contribution is -0.154. The first-order valence-electron chi connectivity index (χ1n) is 19.2. The molecule has 4 amide bonds. The van der Waals surface area contributed by atoms with E-state index in [-0.39, 0.29) is 30.7 Å². The molecule has 0 aliphatic heterocycles. The average molecular weight is 732 g/mol. The second-order valence-electron chi connectivity index (χ2n) is 14.6. The van der Waals surface area contributed by atoms with Crippen molar-refractivity contribution >= 4 is 30.0 Å². The molecule has 0 aromatic heterocycles. The van der Waals surface area contributed by atoms with Gasteiger partial charge >= 0.3 is 18.2 Å². The van der Waals surface area contributed by atoms with Gasteiger partial charge in [0, 0.05) is 13.0 Å². The maximum absolute atomic E-state index is 13.9. The van der Waals surface area contributed by atoms with Crippen molar-refractivity contribution in [2.75, 3.05) is 27.3 Å².